The van der Waals surface area contributed by atoms with Crippen molar-refractivity contribution in [1.82, 2.24) is 0 Å². The fourth-order valence-corrected chi connectivity index (χ4v) is 1.37. The summed E-state index contributed by atoms with van der Waals surface area (Å²) in [5, 5.41) is 0. The Morgan fingerprint density at radius 2 is 2.00 bits per heavy atom. The molecule has 2 N–H and O–H groups in total. The predicted molar refractivity (Wildman–Crippen MR) is 59.8 cm³/mol. The zero-order chi connectivity index (χ0) is 13.8. The second-order valence-electron chi connectivity index (χ2n) is 4.05. The second-order valence-corrected chi connectivity index (χ2v) is 4.05. The fourth-order valence-electron chi connectivity index (χ4n) is 1.37. The highest BCUT2D eigenvalue weighted by Crippen LogP contribution is 2.23. The van der Waals surface area contributed by atoms with E-state index in [1.807, 2.05) is 0 Å². The van der Waals surface area contributed by atoms with Crippen LogP contribution in [0.5, 0.6) is 5.75 Å². The standard InChI is InChI=1S/C12H15F4NO/c1-8(17)9-3-4-11(10(13)7-9)18-6-2-5-12(14,15)16/h3-4,7-8H,2,5-6,17H2,1H3/t8-/m0/s1. The van der Waals surface area contributed by atoms with E-state index in [1.165, 1.54) is 12.1 Å². The Morgan fingerprint density at radius 1 is 1.33 bits per heavy atom. The van der Waals surface area contributed by atoms with Crippen LogP contribution in [0.4, 0.5) is 17.6 Å². The number of benzene rings is 1. The van der Waals surface area contributed by atoms with Gasteiger partial charge in [-0.3, -0.25) is 0 Å². The third-order valence-electron chi connectivity index (χ3n) is 2.34. The van der Waals surface area contributed by atoms with Gasteiger partial charge in [-0.25, -0.2) is 4.39 Å². The Labute approximate surface area is 103 Å². The predicted octanol–water partition coefficient (Wildman–Crippen LogP) is 3.57. The van der Waals surface area contributed by atoms with Gasteiger partial charge in [-0.1, -0.05) is 6.07 Å². The lowest BCUT2D eigenvalue weighted by molar-refractivity contribution is -0.136. The molecular weight excluding hydrogens is 250 g/mol. The van der Waals surface area contributed by atoms with E-state index in [2.05, 4.69) is 0 Å². The lowest BCUT2D eigenvalue weighted by Gasteiger charge is -2.11. The van der Waals surface area contributed by atoms with Crippen LogP contribution in [0.15, 0.2) is 18.2 Å². The summed E-state index contributed by atoms with van der Waals surface area (Å²) in [6.07, 6.45) is -5.34. The first-order valence-electron chi connectivity index (χ1n) is 5.54. The Kier molecular flexibility index (Phi) is 4.95. The topological polar surface area (TPSA) is 35.2 Å². The van der Waals surface area contributed by atoms with Crippen molar-refractivity contribution in [3.8, 4) is 5.75 Å². The average Bonchev–Trinajstić information content (AvgIpc) is 2.24. The Balaban J connectivity index is 2.48. The van der Waals surface area contributed by atoms with Gasteiger partial charge in [0.1, 0.15) is 0 Å². The minimum Gasteiger partial charge on any atom is -0.491 e. The molecule has 1 rings (SSSR count). The van der Waals surface area contributed by atoms with Gasteiger partial charge in [0.2, 0.25) is 0 Å². The molecule has 0 bridgehead atoms. The van der Waals surface area contributed by atoms with Gasteiger partial charge in [-0.05, 0) is 31.0 Å². The molecule has 0 aromatic heterocycles. The third kappa shape index (κ3) is 4.91. The molecule has 102 valence electrons. The summed E-state index contributed by atoms with van der Waals surface area (Å²) < 4.78 is 54.0. The van der Waals surface area contributed by atoms with Gasteiger partial charge in [0.15, 0.2) is 11.6 Å². The number of alkyl halides is 3. The molecule has 1 aromatic carbocycles. The molecule has 18 heavy (non-hydrogen) atoms. The molecular formula is C12H15F4NO. The maximum absolute atomic E-state index is 13.5. The Bertz CT molecular complexity index is 390. The number of hydrogen-bond donors (Lipinski definition) is 1. The molecule has 0 heterocycles. The number of hydrogen-bond acceptors (Lipinski definition) is 2. The van der Waals surface area contributed by atoms with Gasteiger partial charge in [0, 0.05) is 12.5 Å². The lowest BCUT2D eigenvalue weighted by atomic mass is 10.1. The summed E-state index contributed by atoms with van der Waals surface area (Å²) in [6.45, 7) is 1.53. The minimum atomic E-state index is -4.21. The number of ether oxygens (including phenoxy) is 1. The summed E-state index contributed by atoms with van der Waals surface area (Å²) in [4.78, 5) is 0. The van der Waals surface area contributed by atoms with Gasteiger partial charge >= 0.3 is 6.18 Å². The van der Waals surface area contributed by atoms with Crippen LogP contribution in [0.25, 0.3) is 0 Å². The van der Waals surface area contributed by atoms with Crippen molar-refractivity contribution in [2.75, 3.05) is 6.61 Å². The van der Waals surface area contributed by atoms with E-state index < -0.39 is 18.4 Å². The molecule has 0 aliphatic carbocycles. The van der Waals surface area contributed by atoms with Crippen molar-refractivity contribution in [1.29, 1.82) is 0 Å². The van der Waals surface area contributed by atoms with Crippen LogP contribution in [0.2, 0.25) is 0 Å². The highest BCUT2D eigenvalue weighted by atomic mass is 19.4. The van der Waals surface area contributed by atoms with Crippen molar-refractivity contribution >= 4 is 0 Å². The quantitative estimate of drug-likeness (QED) is 0.652. The third-order valence-corrected chi connectivity index (χ3v) is 2.34. The highest BCUT2D eigenvalue weighted by molar-refractivity contribution is 5.30. The van der Waals surface area contributed by atoms with E-state index in [1.54, 1.807) is 13.0 Å². The molecule has 0 aliphatic rings. The van der Waals surface area contributed by atoms with Crippen LogP contribution in [-0.4, -0.2) is 12.8 Å². The fraction of sp³-hybridized carbons (Fsp3) is 0.500. The van der Waals surface area contributed by atoms with E-state index in [4.69, 9.17) is 10.5 Å². The first kappa shape index (κ1) is 14.8. The van der Waals surface area contributed by atoms with Crippen LogP contribution >= 0.6 is 0 Å². The summed E-state index contributed by atoms with van der Waals surface area (Å²) in [5.74, 6) is -0.668. The van der Waals surface area contributed by atoms with Crippen LogP contribution in [0.3, 0.4) is 0 Å². The van der Waals surface area contributed by atoms with E-state index in [9.17, 15) is 17.6 Å². The monoisotopic (exact) mass is 265 g/mol. The SMILES string of the molecule is C[C@H](N)c1ccc(OCCCC(F)(F)F)c(F)c1. The van der Waals surface area contributed by atoms with Gasteiger partial charge in [-0.15, -0.1) is 0 Å². The maximum Gasteiger partial charge on any atom is 0.389 e. The molecule has 0 amide bonds. The van der Waals surface area contributed by atoms with E-state index in [0.717, 1.165) is 0 Å². The van der Waals surface area contributed by atoms with Crippen molar-refractivity contribution in [2.45, 2.75) is 32.0 Å². The summed E-state index contributed by atoms with van der Waals surface area (Å²) in [7, 11) is 0. The van der Waals surface area contributed by atoms with Gasteiger partial charge in [0.25, 0.3) is 0 Å². The normalized spacial score (nSPS) is 13.4. The van der Waals surface area contributed by atoms with Crippen molar-refractivity contribution in [3.63, 3.8) is 0 Å². The summed E-state index contributed by atoms with van der Waals surface area (Å²) in [5.41, 5.74) is 6.18. The Hall–Kier alpha value is -1.30. The molecule has 0 aliphatic heterocycles. The lowest BCUT2D eigenvalue weighted by Crippen LogP contribution is -2.10. The molecule has 0 saturated carbocycles. The van der Waals surface area contributed by atoms with Gasteiger partial charge in [0.05, 0.1) is 6.61 Å². The number of nitrogens with two attached hydrogens (primary N) is 1. The molecule has 0 saturated heterocycles. The first-order chi connectivity index (χ1) is 8.29. The molecule has 6 heteroatoms. The van der Waals surface area contributed by atoms with Crippen molar-refractivity contribution in [2.24, 2.45) is 5.73 Å². The first-order valence-corrected chi connectivity index (χ1v) is 5.54. The van der Waals surface area contributed by atoms with Crippen LogP contribution in [-0.2, 0) is 0 Å². The largest absolute Gasteiger partial charge is 0.491 e. The second kappa shape index (κ2) is 6.04. The highest BCUT2D eigenvalue weighted by Gasteiger charge is 2.26. The number of halogens is 4. The molecule has 0 radical (unpaired) electrons. The van der Waals surface area contributed by atoms with Crippen molar-refractivity contribution in [3.05, 3.63) is 29.6 Å². The molecule has 1 aromatic rings. The van der Waals surface area contributed by atoms with Crippen LogP contribution in [0.1, 0.15) is 31.4 Å². The molecule has 0 spiro atoms. The summed E-state index contributed by atoms with van der Waals surface area (Å²) >= 11 is 0. The average molecular weight is 265 g/mol. The van der Waals surface area contributed by atoms with E-state index in [-0.39, 0.29) is 24.8 Å². The van der Waals surface area contributed by atoms with Crippen LogP contribution < -0.4 is 10.5 Å². The van der Waals surface area contributed by atoms with E-state index in [0.29, 0.717) is 5.56 Å². The summed E-state index contributed by atoms with van der Waals surface area (Å²) in [6, 6.07) is 3.89. The molecule has 2 nitrogen and oxygen atoms in total. The van der Waals surface area contributed by atoms with Crippen LogP contribution in [0, 0.1) is 5.82 Å². The van der Waals surface area contributed by atoms with E-state index >= 15 is 0 Å². The number of rotatable bonds is 5. The smallest absolute Gasteiger partial charge is 0.389 e. The van der Waals surface area contributed by atoms with Gasteiger partial charge < -0.3 is 10.5 Å². The zero-order valence-corrected chi connectivity index (χ0v) is 9.93. The van der Waals surface area contributed by atoms with Crippen molar-refractivity contribution < 1.29 is 22.3 Å². The molecule has 0 unspecified atom stereocenters. The molecule has 0 fully saturated rings. The maximum atomic E-state index is 13.5. The zero-order valence-electron chi connectivity index (χ0n) is 9.93. The van der Waals surface area contributed by atoms with Gasteiger partial charge in [-0.2, -0.15) is 13.2 Å². The Morgan fingerprint density at radius 3 is 2.50 bits per heavy atom. The minimum absolute atomic E-state index is 0.0541. The molecule has 1 atom stereocenters.